The Kier molecular flexibility index (Phi) is 5.86. The zero-order valence-corrected chi connectivity index (χ0v) is 16.0. The van der Waals surface area contributed by atoms with Crippen molar-refractivity contribution >= 4 is 11.7 Å². The van der Waals surface area contributed by atoms with Gasteiger partial charge in [0.2, 0.25) is 0 Å². The average Bonchev–Trinajstić information content (AvgIpc) is 2.69. The molecule has 0 bridgehead atoms. The maximum atomic E-state index is 13.1. The molecular weight excluding hydrogens is 324 g/mol. The third-order valence-corrected chi connectivity index (χ3v) is 5.12. The van der Waals surface area contributed by atoms with Crippen LogP contribution in [0.1, 0.15) is 44.1 Å². The van der Waals surface area contributed by atoms with E-state index in [-0.39, 0.29) is 5.91 Å². The van der Waals surface area contributed by atoms with E-state index in [1.54, 1.807) is 0 Å². The van der Waals surface area contributed by atoms with Gasteiger partial charge < -0.3 is 9.80 Å². The van der Waals surface area contributed by atoms with Crippen molar-refractivity contribution in [3.63, 3.8) is 0 Å². The predicted octanol–water partition coefficient (Wildman–Crippen LogP) is 3.86. The van der Waals surface area contributed by atoms with Crippen molar-refractivity contribution in [1.82, 2.24) is 14.9 Å². The number of carbonyl (C=O) groups is 1. The Morgan fingerprint density at radius 1 is 1.12 bits per heavy atom. The van der Waals surface area contributed by atoms with Gasteiger partial charge in [0.15, 0.2) is 5.82 Å². The fourth-order valence-corrected chi connectivity index (χ4v) is 3.34. The second-order valence-electron chi connectivity index (χ2n) is 6.95. The molecule has 2 heterocycles. The number of benzene rings is 1. The van der Waals surface area contributed by atoms with Gasteiger partial charge in [-0.1, -0.05) is 37.3 Å². The highest BCUT2D eigenvalue weighted by Gasteiger charge is 2.24. The lowest BCUT2D eigenvalue weighted by molar-refractivity contribution is 0.0691. The molecule has 0 N–H and O–H groups in total. The summed E-state index contributed by atoms with van der Waals surface area (Å²) in [5, 5.41) is 0. The normalized spacial score (nSPS) is 15.1. The third kappa shape index (κ3) is 4.03. The highest BCUT2D eigenvalue weighted by Crippen LogP contribution is 2.23. The van der Waals surface area contributed by atoms with Crippen LogP contribution in [-0.4, -0.2) is 47.0 Å². The van der Waals surface area contributed by atoms with Crippen molar-refractivity contribution in [3.05, 3.63) is 42.1 Å². The Balaban J connectivity index is 1.98. The number of hydrogen-bond donors (Lipinski definition) is 0. The lowest BCUT2D eigenvalue weighted by Gasteiger charge is -2.30. The van der Waals surface area contributed by atoms with Gasteiger partial charge in [0.25, 0.3) is 5.91 Å². The molecule has 1 aliphatic heterocycles. The van der Waals surface area contributed by atoms with Crippen LogP contribution in [0, 0.1) is 5.92 Å². The van der Waals surface area contributed by atoms with Gasteiger partial charge in [0.05, 0.1) is 0 Å². The smallest absolute Gasteiger partial charge is 0.272 e. The molecule has 0 aliphatic carbocycles. The van der Waals surface area contributed by atoms with Crippen LogP contribution in [0.2, 0.25) is 0 Å². The van der Waals surface area contributed by atoms with E-state index >= 15 is 0 Å². The largest absolute Gasteiger partial charge is 0.357 e. The van der Waals surface area contributed by atoms with Crippen LogP contribution in [0.3, 0.4) is 0 Å². The molecule has 1 amide bonds. The van der Waals surface area contributed by atoms with Crippen LogP contribution in [0.4, 0.5) is 5.82 Å². The SMILES string of the molecule is CCN(CC)c1cc(C(=O)N2CCC(C)CC2)nc(-c2ccccc2)n1. The lowest BCUT2D eigenvalue weighted by atomic mass is 9.99. The highest BCUT2D eigenvalue weighted by molar-refractivity contribution is 5.93. The van der Waals surface area contributed by atoms with Crippen molar-refractivity contribution in [1.29, 1.82) is 0 Å². The summed E-state index contributed by atoms with van der Waals surface area (Å²) in [5.74, 6) is 2.14. The number of aromatic nitrogens is 2. The molecule has 1 fully saturated rings. The number of piperidine rings is 1. The predicted molar refractivity (Wildman–Crippen MR) is 105 cm³/mol. The van der Waals surface area contributed by atoms with Gasteiger partial charge in [-0.05, 0) is 32.6 Å². The molecule has 1 saturated heterocycles. The minimum atomic E-state index is 0.0184. The van der Waals surface area contributed by atoms with Crippen molar-refractivity contribution in [2.75, 3.05) is 31.1 Å². The van der Waals surface area contributed by atoms with E-state index in [2.05, 4.69) is 30.7 Å². The van der Waals surface area contributed by atoms with E-state index < -0.39 is 0 Å². The second-order valence-corrected chi connectivity index (χ2v) is 6.95. The van der Waals surface area contributed by atoms with Crippen LogP contribution in [0.25, 0.3) is 11.4 Å². The summed E-state index contributed by atoms with van der Waals surface area (Å²) >= 11 is 0. The summed E-state index contributed by atoms with van der Waals surface area (Å²) in [4.78, 5) is 26.5. The molecule has 0 saturated carbocycles. The number of rotatable bonds is 5. The van der Waals surface area contributed by atoms with E-state index in [0.29, 0.717) is 17.4 Å². The summed E-state index contributed by atoms with van der Waals surface area (Å²) in [6, 6.07) is 11.7. The topological polar surface area (TPSA) is 49.3 Å². The number of anilines is 1. The van der Waals surface area contributed by atoms with Gasteiger partial charge in [-0.15, -0.1) is 0 Å². The number of amides is 1. The molecule has 1 aliphatic rings. The van der Waals surface area contributed by atoms with Crippen LogP contribution in [0.15, 0.2) is 36.4 Å². The maximum absolute atomic E-state index is 13.1. The van der Waals surface area contributed by atoms with Gasteiger partial charge in [0.1, 0.15) is 11.5 Å². The van der Waals surface area contributed by atoms with Crippen molar-refractivity contribution in [2.24, 2.45) is 5.92 Å². The van der Waals surface area contributed by atoms with Crippen LogP contribution in [-0.2, 0) is 0 Å². The zero-order valence-electron chi connectivity index (χ0n) is 16.0. The van der Waals surface area contributed by atoms with E-state index in [1.807, 2.05) is 41.3 Å². The van der Waals surface area contributed by atoms with Gasteiger partial charge in [-0.2, -0.15) is 0 Å². The zero-order chi connectivity index (χ0) is 18.5. The molecule has 0 atom stereocenters. The van der Waals surface area contributed by atoms with Crippen LogP contribution < -0.4 is 4.90 Å². The quantitative estimate of drug-likeness (QED) is 0.820. The third-order valence-electron chi connectivity index (χ3n) is 5.12. The highest BCUT2D eigenvalue weighted by atomic mass is 16.2. The van der Waals surface area contributed by atoms with Crippen molar-refractivity contribution in [2.45, 2.75) is 33.6 Å². The standard InChI is InChI=1S/C21H28N4O/c1-4-24(5-2)19-15-18(21(26)25-13-11-16(3)12-14-25)22-20(23-19)17-9-7-6-8-10-17/h6-10,15-16H,4-5,11-14H2,1-3H3. The molecule has 3 rings (SSSR count). The van der Waals surface area contributed by atoms with Crippen LogP contribution in [0.5, 0.6) is 0 Å². The first-order valence-electron chi connectivity index (χ1n) is 9.61. The van der Waals surface area contributed by atoms with Gasteiger partial charge in [0, 0.05) is 37.8 Å². The van der Waals surface area contributed by atoms with E-state index in [4.69, 9.17) is 4.98 Å². The molecular formula is C21H28N4O. The summed E-state index contributed by atoms with van der Waals surface area (Å²) in [6.07, 6.45) is 2.12. The fraction of sp³-hybridized carbons (Fsp3) is 0.476. The number of nitrogens with zero attached hydrogens (tertiary/aromatic N) is 4. The Labute approximate surface area is 156 Å². The van der Waals surface area contributed by atoms with Gasteiger partial charge >= 0.3 is 0 Å². The molecule has 2 aromatic rings. The first-order valence-corrected chi connectivity index (χ1v) is 9.61. The molecule has 0 unspecified atom stereocenters. The molecule has 5 nitrogen and oxygen atoms in total. The Bertz CT molecular complexity index is 735. The Morgan fingerprint density at radius 2 is 1.77 bits per heavy atom. The lowest BCUT2D eigenvalue weighted by Crippen LogP contribution is -2.38. The molecule has 26 heavy (non-hydrogen) atoms. The average molecular weight is 352 g/mol. The molecule has 1 aromatic carbocycles. The first-order chi connectivity index (χ1) is 12.6. The Hall–Kier alpha value is -2.43. The minimum absolute atomic E-state index is 0.0184. The number of carbonyl (C=O) groups excluding carboxylic acids is 1. The number of likely N-dealkylation sites (tertiary alicyclic amines) is 1. The second kappa shape index (κ2) is 8.30. The number of hydrogen-bond acceptors (Lipinski definition) is 4. The van der Waals surface area contributed by atoms with Crippen molar-refractivity contribution in [3.8, 4) is 11.4 Å². The summed E-state index contributed by atoms with van der Waals surface area (Å²) in [6.45, 7) is 9.75. The van der Waals surface area contributed by atoms with E-state index in [0.717, 1.165) is 50.4 Å². The monoisotopic (exact) mass is 352 g/mol. The summed E-state index contributed by atoms with van der Waals surface area (Å²) in [7, 11) is 0. The molecule has 0 spiro atoms. The molecule has 5 heteroatoms. The maximum Gasteiger partial charge on any atom is 0.272 e. The molecule has 138 valence electrons. The minimum Gasteiger partial charge on any atom is -0.357 e. The Morgan fingerprint density at radius 3 is 2.38 bits per heavy atom. The van der Waals surface area contributed by atoms with Gasteiger partial charge in [-0.3, -0.25) is 4.79 Å². The summed E-state index contributed by atoms with van der Waals surface area (Å²) in [5.41, 5.74) is 1.43. The van der Waals surface area contributed by atoms with Crippen molar-refractivity contribution < 1.29 is 4.79 Å². The molecule has 1 aromatic heterocycles. The van der Waals surface area contributed by atoms with E-state index in [1.165, 1.54) is 0 Å². The van der Waals surface area contributed by atoms with E-state index in [9.17, 15) is 4.79 Å². The fourth-order valence-electron chi connectivity index (χ4n) is 3.34. The summed E-state index contributed by atoms with van der Waals surface area (Å²) < 4.78 is 0. The van der Waals surface area contributed by atoms with Crippen LogP contribution >= 0.6 is 0 Å². The first kappa shape index (κ1) is 18.4. The molecule has 0 radical (unpaired) electrons. The van der Waals surface area contributed by atoms with Gasteiger partial charge in [-0.25, -0.2) is 9.97 Å².